The predicted molar refractivity (Wildman–Crippen MR) is 126 cm³/mol. The third-order valence-electron chi connectivity index (χ3n) is 7.23. The lowest BCUT2D eigenvalue weighted by molar-refractivity contribution is -0.155. The van der Waals surface area contributed by atoms with Gasteiger partial charge >= 0.3 is 12.1 Å². The van der Waals surface area contributed by atoms with Crippen LogP contribution in [-0.2, 0) is 19.1 Å². The van der Waals surface area contributed by atoms with E-state index in [1.807, 2.05) is 20.8 Å². The number of rotatable bonds is 5. The molecule has 3 aliphatic heterocycles. The quantitative estimate of drug-likeness (QED) is 0.649. The number of carboxylic acid groups (broad SMARTS) is 1. The number of carboxylic acids is 1. The van der Waals surface area contributed by atoms with E-state index in [4.69, 9.17) is 4.74 Å². The fourth-order valence-electron chi connectivity index (χ4n) is 5.31. The van der Waals surface area contributed by atoms with Gasteiger partial charge in [-0.3, -0.25) is 9.59 Å². The molecule has 3 aliphatic rings. The topological polar surface area (TPSA) is 107 Å². The summed E-state index contributed by atoms with van der Waals surface area (Å²) >= 11 is 0. The van der Waals surface area contributed by atoms with Crippen molar-refractivity contribution in [1.82, 2.24) is 14.7 Å². The van der Waals surface area contributed by atoms with Gasteiger partial charge in [0.15, 0.2) is 0 Å². The van der Waals surface area contributed by atoms with Crippen LogP contribution in [0.5, 0.6) is 0 Å². The molecule has 0 aromatic heterocycles. The molecule has 3 saturated heterocycles. The van der Waals surface area contributed by atoms with E-state index in [2.05, 4.69) is 0 Å². The van der Waals surface area contributed by atoms with Crippen LogP contribution in [-0.4, -0.2) is 88.0 Å². The highest BCUT2D eigenvalue weighted by molar-refractivity contribution is 5.86. The molecule has 0 spiro atoms. The van der Waals surface area contributed by atoms with Crippen molar-refractivity contribution in [3.8, 4) is 0 Å². The van der Waals surface area contributed by atoms with Crippen LogP contribution in [0.25, 0.3) is 0 Å². The number of piperidine rings is 3. The molecule has 1 N–H and O–H groups in total. The number of ether oxygens (including phenoxy) is 1. The molecule has 0 radical (unpaired) electrons. The van der Waals surface area contributed by atoms with Crippen molar-refractivity contribution in [2.75, 3.05) is 32.7 Å². The molecule has 192 valence electrons. The first-order valence-corrected chi connectivity index (χ1v) is 12.8. The summed E-state index contributed by atoms with van der Waals surface area (Å²) in [4.78, 5) is 54.9. The number of hydrogen-bond donors (Lipinski definition) is 1. The Kier molecular flexibility index (Phi) is 8.82. The molecule has 3 amide bonds. The lowest BCUT2D eigenvalue weighted by Crippen LogP contribution is -2.53. The van der Waals surface area contributed by atoms with Crippen LogP contribution < -0.4 is 0 Å². The molecule has 9 nitrogen and oxygen atoms in total. The maximum absolute atomic E-state index is 13.1. The molecule has 0 aromatic rings. The maximum Gasteiger partial charge on any atom is 0.410 e. The van der Waals surface area contributed by atoms with E-state index < -0.39 is 17.6 Å². The predicted octanol–water partition coefficient (Wildman–Crippen LogP) is 3.12. The van der Waals surface area contributed by atoms with Gasteiger partial charge in [0.25, 0.3) is 0 Å². The minimum atomic E-state index is -0.936. The summed E-state index contributed by atoms with van der Waals surface area (Å²) in [5, 5.41) is 9.50. The van der Waals surface area contributed by atoms with Crippen molar-refractivity contribution in [2.24, 2.45) is 11.8 Å². The van der Waals surface area contributed by atoms with Crippen molar-refractivity contribution in [3.63, 3.8) is 0 Å². The van der Waals surface area contributed by atoms with E-state index in [-0.39, 0.29) is 23.8 Å². The van der Waals surface area contributed by atoms with E-state index in [0.29, 0.717) is 57.9 Å². The Hall–Kier alpha value is -2.32. The highest BCUT2D eigenvalue weighted by atomic mass is 16.6. The van der Waals surface area contributed by atoms with E-state index in [1.165, 1.54) is 4.90 Å². The highest BCUT2D eigenvalue weighted by Crippen LogP contribution is 2.27. The second-order valence-electron chi connectivity index (χ2n) is 11.0. The molecular formula is C25H41N3O6. The number of amides is 3. The Labute approximate surface area is 202 Å². The monoisotopic (exact) mass is 479 g/mol. The second-order valence-corrected chi connectivity index (χ2v) is 11.0. The van der Waals surface area contributed by atoms with Crippen LogP contribution in [0.1, 0.15) is 78.6 Å². The van der Waals surface area contributed by atoms with E-state index in [9.17, 15) is 24.3 Å². The van der Waals surface area contributed by atoms with E-state index in [1.54, 1.807) is 9.80 Å². The van der Waals surface area contributed by atoms with Crippen molar-refractivity contribution in [3.05, 3.63) is 0 Å². The first kappa shape index (κ1) is 26.3. The summed E-state index contributed by atoms with van der Waals surface area (Å²) in [5.41, 5.74) is -0.503. The number of likely N-dealkylation sites (tertiary alicyclic amines) is 3. The van der Waals surface area contributed by atoms with Crippen molar-refractivity contribution in [2.45, 2.75) is 90.2 Å². The molecule has 3 rings (SSSR count). The van der Waals surface area contributed by atoms with Crippen LogP contribution in [0.15, 0.2) is 0 Å². The summed E-state index contributed by atoms with van der Waals surface area (Å²) in [5.74, 6) is -0.890. The van der Waals surface area contributed by atoms with Gasteiger partial charge in [0, 0.05) is 39.1 Å². The Balaban J connectivity index is 1.44. The third kappa shape index (κ3) is 7.09. The van der Waals surface area contributed by atoms with Gasteiger partial charge in [0.1, 0.15) is 11.6 Å². The minimum absolute atomic E-state index is 0.0699. The zero-order valence-corrected chi connectivity index (χ0v) is 21.0. The summed E-state index contributed by atoms with van der Waals surface area (Å²) in [6, 6.07) is -0.737. The molecule has 9 heteroatoms. The Morgan fingerprint density at radius 3 is 2.24 bits per heavy atom. The zero-order valence-electron chi connectivity index (χ0n) is 21.0. The molecule has 0 saturated carbocycles. The number of carbonyl (C=O) groups is 4. The number of nitrogens with zero attached hydrogens (tertiary/aromatic N) is 3. The molecule has 0 aliphatic carbocycles. The molecule has 0 bridgehead atoms. The maximum atomic E-state index is 13.1. The lowest BCUT2D eigenvalue weighted by Gasteiger charge is -2.39. The van der Waals surface area contributed by atoms with Gasteiger partial charge in [-0.25, -0.2) is 9.59 Å². The van der Waals surface area contributed by atoms with E-state index in [0.717, 1.165) is 38.5 Å². The Morgan fingerprint density at radius 1 is 0.882 bits per heavy atom. The highest BCUT2D eigenvalue weighted by Gasteiger charge is 2.37. The van der Waals surface area contributed by atoms with Gasteiger partial charge < -0.3 is 24.5 Å². The fourth-order valence-corrected chi connectivity index (χ4v) is 5.31. The lowest BCUT2D eigenvalue weighted by atomic mass is 9.91. The number of carbonyl (C=O) groups excluding carboxylic acids is 3. The Bertz CT molecular complexity index is 756. The smallest absolute Gasteiger partial charge is 0.410 e. The first-order chi connectivity index (χ1) is 16.0. The van der Waals surface area contributed by atoms with Gasteiger partial charge in [-0.1, -0.05) is 0 Å². The molecule has 0 aromatic carbocycles. The fraction of sp³-hybridized carbons (Fsp3) is 0.840. The van der Waals surface area contributed by atoms with Gasteiger partial charge in [-0.15, -0.1) is 0 Å². The number of aliphatic carboxylic acids is 1. The van der Waals surface area contributed by atoms with Crippen LogP contribution in [0.2, 0.25) is 0 Å². The van der Waals surface area contributed by atoms with Gasteiger partial charge in [-0.05, 0) is 78.1 Å². The second kappa shape index (κ2) is 11.4. The van der Waals surface area contributed by atoms with Crippen LogP contribution in [0, 0.1) is 11.8 Å². The normalized spacial score (nSPS) is 24.6. The average molecular weight is 480 g/mol. The standard InChI is InChI=1S/C25H41N3O6/c1-25(2,3)34-24(33)26-15-11-18(12-16-26)9-10-21(29)27-13-6-7-19(17-27)22(30)28-14-5-4-8-20(28)23(31)32/h18-20H,4-17H2,1-3H3,(H,31,32)/t19-,20?/m1/s1. The average Bonchev–Trinajstić information content (AvgIpc) is 2.81. The van der Waals surface area contributed by atoms with Crippen LogP contribution in [0.3, 0.4) is 0 Å². The molecular weight excluding hydrogens is 438 g/mol. The van der Waals surface area contributed by atoms with Crippen molar-refractivity contribution < 1.29 is 29.0 Å². The van der Waals surface area contributed by atoms with Crippen LogP contribution in [0.4, 0.5) is 4.79 Å². The SMILES string of the molecule is CC(C)(C)OC(=O)N1CCC(CCC(=O)N2CCC[C@@H](C(=O)N3CCCCC3C(=O)O)C2)CC1. The molecule has 3 fully saturated rings. The van der Waals surface area contributed by atoms with Crippen molar-refractivity contribution in [1.29, 1.82) is 0 Å². The van der Waals surface area contributed by atoms with Gasteiger partial charge in [-0.2, -0.15) is 0 Å². The van der Waals surface area contributed by atoms with E-state index >= 15 is 0 Å². The van der Waals surface area contributed by atoms with Gasteiger partial charge in [0.05, 0.1) is 5.92 Å². The first-order valence-electron chi connectivity index (χ1n) is 12.8. The number of hydrogen-bond acceptors (Lipinski definition) is 5. The summed E-state index contributed by atoms with van der Waals surface area (Å²) in [6.45, 7) is 8.40. The zero-order chi connectivity index (χ0) is 24.9. The van der Waals surface area contributed by atoms with Gasteiger partial charge in [0.2, 0.25) is 11.8 Å². The molecule has 34 heavy (non-hydrogen) atoms. The third-order valence-corrected chi connectivity index (χ3v) is 7.23. The summed E-state index contributed by atoms with van der Waals surface area (Å²) in [6.07, 6.45) is 6.30. The minimum Gasteiger partial charge on any atom is -0.480 e. The molecule has 3 heterocycles. The van der Waals surface area contributed by atoms with Crippen LogP contribution >= 0.6 is 0 Å². The summed E-state index contributed by atoms with van der Waals surface area (Å²) < 4.78 is 5.45. The molecule has 2 atom stereocenters. The molecule has 1 unspecified atom stereocenters. The largest absolute Gasteiger partial charge is 0.480 e. The van der Waals surface area contributed by atoms with Crippen molar-refractivity contribution >= 4 is 23.9 Å². The summed E-state index contributed by atoms with van der Waals surface area (Å²) in [7, 11) is 0. The Morgan fingerprint density at radius 2 is 1.59 bits per heavy atom.